The normalized spacial score (nSPS) is 15.0. The van der Waals surface area contributed by atoms with E-state index < -0.39 is 0 Å². The molecule has 3 rings (SSSR count). The number of nitrogens with one attached hydrogen (secondary N) is 1. The first kappa shape index (κ1) is 17.1. The number of urea groups is 1. The molecular formula is C18H23N3O4. The molecule has 1 aliphatic rings. The molecule has 1 N–H and O–H groups in total. The van der Waals surface area contributed by atoms with Gasteiger partial charge in [-0.05, 0) is 26.0 Å². The largest absolute Gasteiger partial charge is 0.490 e. The van der Waals surface area contributed by atoms with Crippen LogP contribution in [0.3, 0.4) is 0 Å². The first-order valence-electron chi connectivity index (χ1n) is 8.53. The Morgan fingerprint density at radius 1 is 1.32 bits per heavy atom. The number of nitrogens with zero attached hydrogens (tertiary/aromatic N) is 2. The monoisotopic (exact) mass is 345 g/mol. The summed E-state index contributed by atoms with van der Waals surface area (Å²) in [6.07, 6.45) is 1.61. The second-order valence-corrected chi connectivity index (χ2v) is 5.94. The SMILES string of the molecule is CCOc1ccccc1OC1CCN(C(=O)Nc2cc(C)on2)CC1. The van der Waals surface area contributed by atoms with Gasteiger partial charge in [-0.3, -0.25) is 5.32 Å². The molecule has 7 heteroatoms. The van der Waals surface area contributed by atoms with E-state index in [4.69, 9.17) is 14.0 Å². The smallest absolute Gasteiger partial charge is 0.323 e. The van der Waals surface area contributed by atoms with Crippen molar-refractivity contribution in [3.8, 4) is 11.5 Å². The molecule has 1 aromatic carbocycles. The topological polar surface area (TPSA) is 76.8 Å². The number of benzene rings is 1. The van der Waals surface area contributed by atoms with Gasteiger partial charge in [0, 0.05) is 32.0 Å². The standard InChI is InChI=1S/C18H23N3O4/c1-3-23-15-6-4-5-7-16(15)24-14-8-10-21(11-9-14)18(22)19-17-12-13(2)25-20-17/h4-7,12,14H,3,8-11H2,1-2H3,(H,19,20,22). The van der Waals surface area contributed by atoms with Crippen LogP contribution in [0.4, 0.5) is 10.6 Å². The fourth-order valence-electron chi connectivity index (χ4n) is 2.79. The van der Waals surface area contributed by atoms with Gasteiger partial charge in [0.25, 0.3) is 0 Å². The van der Waals surface area contributed by atoms with Gasteiger partial charge in [0.15, 0.2) is 17.3 Å². The molecular weight excluding hydrogens is 322 g/mol. The number of hydrogen-bond donors (Lipinski definition) is 1. The molecule has 134 valence electrons. The second kappa shape index (κ2) is 7.92. The van der Waals surface area contributed by atoms with Gasteiger partial charge in [0.05, 0.1) is 6.61 Å². The first-order valence-corrected chi connectivity index (χ1v) is 8.53. The summed E-state index contributed by atoms with van der Waals surface area (Å²) < 4.78 is 16.6. The minimum Gasteiger partial charge on any atom is -0.490 e. The number of carbonyl (C=O) groups excluding carboxylic acids is 1. The zero-order valence-corrected chi connectivity index (χ0v) is 14.5. The minimum atomic E-state index is -0.165. The van der Waals surface area contributed by atoms with Gasteiger partial charge in [0.1, 0.15) is 11.9 Å². The van der Waals surface area contributed by atoms with E-state index in [0.717, 1.165) is 24.3 Å². The van der Waals surface area contributed by atoms with E-state index in [1.54, 1.807) is 17.9 Å². The maximum atomic E-state index is 12.3. The third kappa shape index (κ3) is 4.43. The zero-order chi connectivity index (χ0) is 17.6. The van der Waals surface area contributed by atoms with Gasteiger partial charge in [-0.1, -0.05) is 17.3 Å². The Morgan fingerprint density at radius 2 is 2.04 bits per heavy atom. The van der Waals surface area contributed by atoms with Crippen LogP contribution in [0, 0.1) is 6.92 Å². The molecule has 0 bridgehead atoms. The predicted molar refractivity (Wildman–Crippen MR) is 93.1 cm³/mol. The molecule has 1 aliphatic heterocycles. The van der Waals surface area contributed by atoms with Crippen LogP contribution in [0.25, 0.3) is 0 Å². The van der Waals surface area contributed by atoms with Crippen LogP contribution >= 0.6 is 0 Å². The number of anilines is 1. The number of aryl methyl sites for hydroxylation is 1. The number of hydrogen-bond acceptors (Lipinski definition) is 5. The minimum absolute atomic E-state index is 0.0694. The number of amides is 2. The summed E-state index contributed by atoms with van der Waals surface area (Å²) in [5.41, 5.74) is 0. The number of ether oxygens (including phenoxy) is 2. The molecule has 7 nitrogen and oxygen atoms in total. The van der Waals surface area contributed by atoms with Gasteiger partial charge in [-0.15, -0.1) is 0 Å². The fraction of sp³-hybridized carbons (Fsp3) is 0.444. The summed E-state index contributed by atoms with van der Waals surface area (Å²) in [5.74, 6) is 2.61. The number of aromatic nitrogens is 1. The van der Waals surface area contributed by atoms with Gasteiger partial charge < -0.3 is 18.9 Å². The molecule has 2 amide bonds. The summed E-state index contributed by atoms with van der Waals surface area (Å²) in [6.45, 7) is 5.59. The molecule has 1 fully saturated rings. The van der Waals surface area contributed by atoms with Crippen LogP contribution in [0.15, 0.2) is 34.9 Å². The van der Waals surface area contributed by atoms with E-state index in [9.17, 15) is 4.79 Å². The molecule has 0 saturated carbocycles. The van der Waals surface area contributed by atoms with Crippen molar-refractivity contribution < 1.29 is 18.8 Å². The van der Waals surface area contributed by atoms with Crippen molar-refractivity contribution in [3.05, 3.63) is 36.1 Å². The first-order chi connectivity index (χ1) is 12.2. The zero-order valence-electron chi connectivity index (χ0n) is 14.5. The van der Waals surface area contributed by atoms with Crippen molar-refractivity contribution in [1.29, 1.82) is 0 Å². The Morgan fingerprint density at radius 3 is 2.68 bits per heavy atom. The highest BCUT2D eigenvalue weighted by molar-refractivity contribution is 5.88. The van der Waals surface area contributed by atoms with Gasteiger partial charge in [-0.25, -0.2) is 4.79 Å². The summed E-state index contributed by atoms with van der Waals surface area (Å²) in [6, 6.07) is 9.20. The van der Waals surface area contributed by atoms with Crippen LogP contribution in [0.1, 0.15) is 25.5 Å². The third-order valence-corrected chi connectivity index (χ3v) is 4.03. The Labute approximate surface area is 146 Å². The number of para-hydroxylation sites is 2. The molecule has 25 heavy (non-hydrogen) atoms. The Balaban J connectivity index is 1.51. The molecule has 0 spiro atoms. The lowest BCUT2D eigenvalue weighted by Crippen LogP contribution is -2.43. The van der Waals surface area contributed by atoms with Crippen molar-refractivity contribution in [3.63, 3.8) is 0 Å². The Kier molecular flexibility index (Phi) is 5.42. The van der Waals surface area contributed by atoms with E-state index in [-0.39, 0.29) is 12.1 Å². The van der Waals surface area contributed by atoms with E-state index in [0.29, 0.717) is 31.3 Å². The van der Waals surface area contributed by atoms with Gasteiger partial charge >= 0.3 is 6.03 Å². The third-order valence-electron chi connectivity index (χ3n) is 4.03. The van der Waals surface area contributed by atoms with Crippen LogP contribution in [0.2, 0.25) is 0 Å². The van der Waals surface area contributed by atoms with Gasteiger partial charge in [0.2, 0.25) is 0 Å². The van der Waals surface area contributed by atoms with Crippen molar-refractivity contribution in [2.24, 2.45) is 0 Å². The van der Waals surface area contributed by atoms with E-state index in [1.165, 1.54) is 0 Å². The van der Waals surface area contributed by atoms with E-state index >= 15 is 0 Å². The number of rotatable bonds is 5. The van der Waals surface area contributed by atoms with Crippen LogP contribution in [-0.2, 0) is 0 Å². The summed E-state index contributed by atoms with van der Waals surface area (Å²) in [4.78, 5) is 14.0. The molecule has 2 aromatic rings. The van der Waals surface area contributed by atoms with Crippen LogP contribution in [0.5, 0.6) is 11.5 Å². The number of likely N-dealkylation sites (tertiary alicyclic amines) is 1. The molecule has 0 aliphatic carbocycles. The van der Waals surface area contributed by atoms with Crippen LogP contribution < -0.4 is 14.8 Å². The van der Waals surface area contributed by atoms with Crippen molar-refractivity contribution in [2.75, 3.05) is 25.0 Å². The molecule has 2 heterocycles. The van der Waals surface area contributed by atoms with Crippen molar-refractivity contribution in [2.45, 2.75) is 32.8 Å². The maximum absolute atomic E-state index is 12.3. The average Bonchev–Trinajstić information content (AvgIpc) is 3.02. The summed E-state index contributed by atoms with van der Waals surface area (Å²) in [7, 11) is 0. The lowest BCUT2D eigenvalue weighted by Gasteiger charge is -2.32. The number of piperidine rings is 1. The highest BCUT2D eigenvalue weighted by atomic mass is 16.5. The van der Waals surface area contributed by atoms with E-state index in [2.05, 4.69) is 10.5 Å². The Hall–Kier alpha value is -2.70. The molecule has 0 unspecified atom stereocenters. The molecule has 0 radical (unpaired) electrons. The second-order valence-electron chi connectivity index (χ2n) is 5.94. The molecule has 1 saturated heterocycles. The fourth-order valence-corrected chi connectivity index (χ4v) is 2.79. The predicted octanol–water partition coefficient (Wildman–Crippen LogP) is 3.46. The highest BCUT2D eigenvalue weighted by Crippen LogP contribution is 2.29. The summed E-state index contributed by atoms with van der Waals surface area (Å²) >= 11 is 0. The lowest BCUT2D eigenvalue weighted by atomic mass is 10.1. The lowest BCUT2D eigenvalue weighted by molar-refractivity contribution is 0.111. The number of carbonyl (C=O) groups is 1. The van der Waals surface area contributed by atoms with Crippen molar-refractivity contribution >= 4 is 11.8 Å². The average molecular weight is 345 g/mol. The summed E-state index contributed by atoms with van der Waals surface area (Å²) in [5, 5.41) is 6.52. The van der Waals surface area contributed by atoms with Crippen molar-refractivity contribution in [1.82, 2.24) is 10.1 Å². The highest BCUT2D eigenvalue weighted by Gasteiger charge is 2.25. The molecule has 0 atom stereocenters. The van der Waals surface area contributed by atoms with Crippen LogP contribution in [-0.4, -0.2) is 41.9 Å². The molecule has 1 aromatic heterocycles. The Bertz CT molecular complexity index is 708. The van der Waals surface area contributed by atoms with Gasteiger partial charge in [-0.2, -0.15) is 0 Å². The maximum Gasteiger partial charge on any atom is 0.323 e. The van der Waals surface area contributed by atoms with E-state index in [1.807, 2.05) is 31.2 Å². The quantitative estimate of drug-likeness (QED) is 0.898.